The van der Waals surface area contributed by atoms with Crippen LogP contribution in [0.1, 0.15) is 29.0 Å². The number of tetrazole rings is 1. The smallest absolute Gasteiger partial charge is 0.174 e. The summed E-state index contributed by atoms with van der Waals surface area (Å²) in [5, 5.41) is 14.3. The predicted molar refractivity (Wildman–Crippen MR) is 67.9 cm³/mol. The van der Waals surface area contributed by atoms with Crippen molar-refractivity contribution < 1.29 is 4.79 Å². The molecule has 1 N–H and O–H groups in total. The van der Waals surface area contributed by atoms with E-state index in [1.165, 1.54) is 0 Å². The Morgan fingerprint density at radius 3 is 2.83 bits per heavy atom. The number of aryl methyl sites for hydroxylation is 1. The highest BCUT2D eigenvalue weighted by atomic mass is 35.5. The zero-order chi connectivity index (χ0) is 13.0. The molecule has 2 aromatic rings. The van der Waals surface area contributed by atoms with Crippen LogP contribution < -0.4 is 0 Å². The number of hydrogen-bond acceptors (Lipinski definition) is 4. The number of benzene rings is 1. The zero-order valence-electron chi connectivity index (χ0n) is 9.36. The summed E-state index contributed by atoms with van der Waals surface area (Å²) in [6.07, 6.45) is 1.64. The largest absolute Gasteiger partial charge is 0.294 e. The molecular weight excluding hydrogens is 275 g/mol. The van der Waals surface area contributed by atoms with Gasteiger partial charge in [-0.3, -0.25) is 4.79 Å². The number of aromatic nitrogens is 4. The molecule has 0 saturated carbocycles. The molecule has 0 aliphatic heterocycles. The normalized spacial score (nSPS) is 10.6. The number of nitrogens with zero attached hydrogens (tertiary/aromatic N) is 3. The van der Waals surface area contributed by atoms with Crippen molar-refractivity contribution in [1.29, 1.82) is 0 Å². The second-order valence-electron chi connectivity index (χ2n) is 3.73. The van der Waals surface area contributed by atoms with Crippen LogP contribution in [0.15, 0.2) is 18.2 Å². The van der Waals surface area contributed by atoms with E-state index in [9.17, 15) is 4.79 Å². The maximum Gasteiger partial charge on any atom is 0.174 e. The van der Waals surface area contributed by atoms with E-state index in [1.54, 1.807) is 18.2 Å². The summed E-state index contributed by atoms with van der Waals surface area (Å²) in [6.45, 7) is 0. The van der Waals surface area contributed by atoms with Gasteiger partial charge in [-0.15, -0.1) is 10.2 Å². The second kappa shape index (κ2) is 5.93. The minimum Gasteiger partial charge on any atom is -0.294 e. The van der Waals surface area contributed by atoms with Gasteiger partial charge in [0.1, 0.15) is 0 Å². The molecule has 0 aliphatic rings. The van der Waals surface area contributed by atoms with Crippen LogP contribution in [0, 0.1) is 0 Å². The number of ketones is 1. The Morgan fingerprint density at radius 2 is 2.17 bits per heavy atom. The summed E-state index contributed by atoms with van der Waals surface area (Å²) in [5.74, 6) is 0.588. The lowest BCUT2D eigenvalue weighted by atomic mass is 10.1. The first-order chi connectivity index (χ1) is 8.66. The third kappa shape index (κ3) is 3.27. The Balaban J connectivity index is 1.91. The fourth-order valence-corrected chi connectivity index (χ4v) is 2.06. The number of H-pyrrole nitrogens is 1. The molecule has 2 rings (SSSR count). The number of halogens is 2. The molecule has 0 bridgehead atoms. The van der Waals surface area contributed by atoms with Crippen molar-refractivity contribution in [2.45, 2.75) is 19.3 Å². The van der Waals surface area contributed by atoms with Crippen LogP contribution in [0.3, 0.4) is 0 Å². The maximum atomic E-state index is 11.9. The highest BCUT2D eigenvalue weighted by Gasteiger charge is 2.11. The van der Waals surface area contributed by atoms with E-state index in [1.807, 2.05) is 0 Å². The quantitative estimate of drug-likeness (QED) is 0.857. The van der Waals surface area contributed by atoms with Crippen molar-refractivity contribution in [3.63, 3.8) is 0 Å². The van der Waals surface area contributed by atoms with Gasteiger partial charge in [0.15, 0.2) is 11.6 Å². The second-order valence-corrected chi connectivity index (χ2v) is 4.57. The number of Topliss-reactive ketones (excluding diaryl/α,β-unsaturated/α-hetero) is 1. The van der Waals surface area contributed by atoms with Crippen molar-refractivity contribution in [3.05, 3.63) is 39.6 Å². The van der Waals surface area contributed by atoms with Gasteiger partial charge in [-0.05, 0) is 24.6 Å². The van der Waals surface area contributed by atoms with Crippen molar-refractivity contribution >= 4 is 29.0 Å². The van der Waals surface area contributed by atoms with Crippen molar-refractivity contribution in [1.82, 2.24) is 20.6 Å². The van der Waals surface area contributed by atoms with E-state index in [-0.39, 0.29) is 5.78 Å². The summed E-state index contributed by atoms with van der Waals surface area (Å²) < 4.78 is 0. The number of hydrogen-bond donors (Lipinski definition) is 1. The lowest BCUT2D eigenvalue weighted by Gasteiger charge is -2.03. The summed E-state index contributed by atoms with van der Waals surface area (Å²) in [4.78, 5) is 11.9. The third-order valence-corrected chi connectivity index (χ3v) is 2.97. The van der Waals surface area contributed by atoms with Crippen LogP contribution in [0.25, 0.3) is 0 Å². The van der Waals surface area contributed by atoms with Gasteiger partial charge in [0.2, 0.25) is 0 Å². The van der Waals surface area contributed by atoms with E-state index in [2.05, 4.69) is 20.6 Å². The molecule has 0 radical (unpaired) electrons. The standard InChI is InChI=1S/C11H10Cl2N4O/c12-7-4-5-8(9(13)6-7)10(18)2-1-3-11-14-16-17-15-11/h4-6H,1-3H2,(H,14,15,16,17). The summed E-state index contributed by atoms with van der Waals surface area (Å²) in [5.41, 5.74) is 0.495. The third-order valence-electron chi connectivity index (χ3n) is 2.42. The Kier molecular flexibility index (Phi) is 4.28. The molecule has 0 amide bonds. The molecule has 0 aliphatic carbocycles. The molecule has 1 heterocycles. The van der Waals surface area contributed by atoms with Gasteiger partial charge in [0.05, 0.1) is 5.02 Å². The lowest BCUT2D eigenvalue weighted by Crippen LogP contribution is -2.01. The average Bonchev–Trinajstić information content (AvgIpc) is 2.81. The molecule has 0 unspecified atom stereocenters. The molecule has 7 heteroatoms. The lowest BCUT2D eigenvalue weighted by molar-refractivity contribution is 0.0980. The first-order valence-corrected chi connectivity index (χ1v) is 6.13. The molecule has 0 saturated heterocycles. The molecule has 0 fully saturated rings. The number of nitrogens with one attached hydrogen (secondary N) is 1. The minimum atomic E-state index is -0.0137. The number of carbonyl (C=O) groups excluding carboxylic acids is 1. The molecule has 0 spiro atoms. The van der Waals surface area contributed by atoms with E-state index in [0.29, 0.717) is 40.7 Å². The predicted octanol–water partition coefficient (Wildman–Crippen LogP) is 2.71. The van der Waals surface area contributed by atoms with Crippen LogP contribution in [0.2, 0.25) is 10.0 Å². The van der Waals surface area contributed by atoms with Gasteiger partial charge in [-0.1, -0.05) is 28.4 Å². The Bertz CT molecular complexity index is 542. The first-order valence-electron chi connectivity index (χ1n) is 5.37. The highest BCUT2D eigenvalue weighted by Crippen LogP contribution is 2.22. The SMILES string of the molecule is O=C(CCCc1nn[nH]n1)c1ccc(Cl)cc1Cl. The summed E-state index contributed by atoms with van der Waals surface area (Å²) in [7, 11) is 0. The minimum absolute atomic E-state index is 0.0137. The molecule has 94 valence electrons. The molecule has 1 aromatic heterocycles. The fraction of sp³-hybridized carbons (Fsp3) is 0.273. The fourth-order valence-electron chi connectivity index (χ4n) is 1.55. The topological polar surface area (TPSA) is 71.5 Å². The van der Waals surface area contributed by atoms with Crippen LogP contribution in [-0.4, -0.2) is 26.4 Å². The Labute approximate surface area is 113 Å². The molecule has 0 atom stereocenters. The van der Waals surface area contributed by atoms with E-state index < -0.39 is 0 Å². The monoisotopic (exact) mass is 284 g/mol. The first kappa shape index (κ1) is 13.0. The van der Waals surface area contributed by atoms with Gasteiger partial charge in [0, 0.05) is 23.4 Å². The average molecular weight is 285 g/mol. The van der Waals surface area contributed by atoms with E-state index in [4.69, 9.17) is 23.2 Å². The van der Waals surface area contributed by atoms with Crippen LogP contribution in [0.4, 0.5) is 0 Å². The number of carbonyl (C=O) groups is 1. The van der Waals surface area contributed by atoms with Gasteiger partial charge in [-0.2, -0.15) is 5.21 Å². The van der Waals surface area contributed by atoms with Crippen molar-refractivity contribution in [2.24, 2.45) is 0 Å². The van der Waals surface area contributed by atoms with Gasteiger partial charge >= 0.3 is 0 Å². The summed E-state index contributed by atoms with van der Waals surface area (Å²) >= 11 is 11.7. The Hall–Kier alpha value is -1.46. The van der Waals surface area contributed by atoms with Crippen molar-refractivity contribution in [3.8, 4) is 0 Å². The number of aromatic amines is 1. The van der Waals surface area contributed by atoms with Gasteiger partial charge in [0.25, 0.3) is 0 Å². The molecule has 5 nitrogen and oxygen atoms in total. The van der Waals surface area contributed by atoms with Crippen LogP contribution in [0.5, 0.6) is 0 Å². The van der Waals surface area contributed by atoms with Crippen LogP contribution >= 0.6 is 23.2 Å². The van der Waals surface area contributed by atoms with Gasteiger partial charge < -0.3 is 0 Å². The van der Waals surface area contributed by atoms with Gasteiger partial charge in [-0.25, -0.2) is 0 Å². The maximum absolute atomic E-state index is 11.9. The zero-order valence-corrected chi connectivity index (χ0v) is 10.9. The summed E-state index contributed by atoms with van der Waals surface area (Å²) in [6, 6.07) is 4.86. The Morgan fingerprint density at radius 1 is 1.33 bits per heavy atom. The van der Waals surface area contributed by atoms with E-state index >= 15 is 0 Å². The van der Waals surface area contributed by atoms with Crippen molar-refractivity contribution in [2.75, 3.05) is 0 Å². The molecule has 18 heavy (non-hydrogen) atoms. The highest BCUT2D eigenvalue weighted by molar-refractivity contribution is 6.36. The van der Waals surface area contributed by atoms with Crippen LogP contribution in [-0.2, 0) is 6.42 Å². The number of rotatable bonds is 5. The molecule has 1 aromatic carbocycles. The van der Waals surface area contributed by atoms with E-state index in [0.717, 1.165) is 0 Å². The molecular formula is C11H10Cl2N4O.